The molecule has 2 aliphatic rings. The van der Waals surface area contributed by atoms with Crippen LogP contribution in [0.25, 0.3) is 0 Å². The maximum atomic E-state index is 12.4. The maximum absolute atomic E-state index is 12.4. The van der Waals surface area contributed by atoms with E-state index >= 15 is 0 Å². The molecule has 0 bridgehead atoms. The molecular weight excluding hydrogens is 368 g/mol. The van der Waals surface area contributed by atoms with Crippen LogP contribution in [0.2, 0.25) is 5.02 Å². The van der Waals surface area contributed by atoms with Crippen LogP contribution in [-0.4, -0.2) is 35.8 Å². The van der Waals surface area contributed by atoms with Crippen molar-refractivity contribution >= 4 is 29.3 Å². The number of nitrogens with zero attached hydrogens (tertiary/aromatic N) is 1. The van der Waals surface area contributed by atoms with Crippen molar-refractivity contribution in [3.05, 3.63) is 64.2 Å². The van der Waals surface area contributed by atoms with Gasteiger partial charge in [0, 0.05) is 30.0 Å². The fraction of sp³-hybridized carbons (Fsp3) is 0.250. The first-order chi connectivity index (χ1) is 13.0. The molecule has 0 fully saturated rings. The first-order valence-corrected chi connectivity index (χ1v) is 9.09. The molecule has 0 saturated carbocycles. The fourth-order valence-corrected chi connectivity index (χ4v) is 3.62. The summed E-state index contributed by atoms with van der Waals surface area (Å²) < 4.78 is 5.59. The molecule has 4 rings (SSSR count). The van der Waals surface area contributed by atoms with Crippen LogP contribution < -0.4 is 10.1 Å². The van der Waals surface area contributed by atoms with Gasteiger partial charge in [-0.25, -0.2) is 0 Å². The van der Waals surface area contributed by atoms with Crippen molar-refractivity contribution in [1.82, 2.24) is 10.2 Å². The fourth-order valence-electron chi connectivity index (χ4n) is 3.44. The smallest absolute Gasteiger partial charge is 0.261 e. The first kappa shape index (κ1) is 17.5. The van der Waals surface area contributed by atoms with Gasteiger partial charge in [-0.1, -0.05) is 23.7 Å². The van der Waals surface area contributed by atoms with Crippen LogP contribution in [0.4, 0.5) is 0 Å². The van der Waals surface area contributed by atoms with Gasteiger partial charge < -0.3 is 10.1 Å². The standard InChI is InChI=1S/C20H17ClN2O4/c21-12-5-6-17-15(11-12)16(8-10-27-17)22-18(24)7-9-23-19(25)13-3-1-2-4-14(13)20(23)26/h1-6,11,16H,7-10H2,(H,22,24). The number of benzene rings is 2. The number of imide groups is 1. The van der Waals surface area contributed by atoms with Gasteiger partial charge in [0.2, 0.25) is 5.91 Å². The summed E-state index contributed by atoms with van der Waals surface area (Å²) >= 11 is 6.05. The molecule has 0 radical (unpaired) electrons. The zero-order chi connectivity index (χ0) is 19.0. The number of carbonyl (C=O) groups is 3. The highest BCUT2D eigenvalue weighted by Gasteiger charge is 2.35. The lowest BCUT2D eigenvalue weighted by Gasteiger charge is -2.27. The second-order valence-corrected chi connectivity index (χ2v) is 6.93. The Balaban J connectivity index is 1.40. The molecule has 7 heteroatoms. The van der Waals surface area contributed by atoms with E-state index in [1.54, 1.807) is 42.5 Å². The Morgan fingerprint density at radius 2 is 1.85 bits per heavy atom. The van der Waals surface area contributed by atoms with Crippen LogP contribution in [0.15, 0.2) is 42.5 Å². The van der Waals surface area contributed by atoms with Crippen LogP contribution in [0.5, 0.6) is 5.75 Å². The van der Waals surface area contributed by atoms with Crippen molar-refractivity contribution in [3.8, 4) is 5.75 Å². The lowest BCUT2D eigenvalue weighted by Crippen LogP contribution is -2.37. The molecule has 2 aromatic carbocycles. The van der Waals surface area contributed by atoms with E-state index in [0.29, 0.717) is 34.9 Å². The van der Waals surface area contributed by atoms with E-state index in [0.717, 1.165) is 10.5 Å². The molecule has 1 unspecified atom stereocenters. The summed E-state index contributed by atoms with van der Waals surface area (Å²) in [5, 5.41) is 3.52. The monoisotopic (exact) mass is 384 g/mol. The number of ether oxygens (including phenoxy) is 1. The zero-order valence-corrected chi connectivity index (χ0v) is 15.2. The van der Waals surface area contributed by atoms with Gasteiger partial charge in [0.05, 0.1) is 23.8 Å². The summed E-state index contributed by atoms with van der Waals surface area (Å²) in [5.74, 6) is -0.237. The van der Waals surface area contributed by atoms with Gasteiger partial charge in [-0.15, -0.1) is 0 Å². The molecule has 2 aliphatic heterocycles. The molecule has 0 spiro atoms. The molecule has 3 amide bonds. The van der Waals surface area contributed by atoms with Gasteiger partial charge >= 0.3 is 0 Å². The average Bonchev–Trinajstić information content (AvgIpc) is 2.91. The number of halogens is 1. The molecule has 0 aromatic heterocycles. The SMILES string of the molecule is O=C(CCN1C(=O)c2ccccc2C1=O)NC1CCOc2ccc(Cl)cc21. The molecule has 1 atom stereocenters. The quantitative estimate of drug-likeness (QED) is 0.822. The van der Waals surface area contributed by atoms with Crippen molar-refractivity contribution < 1.29 is 19.1 Å². The first-order valence-electron chi connectivity index (χ1n) is 8.71. The van der Waals surface area contributed by atoms with Crippen LogP contribution in [0, 0.1) is 0 Å². The molecule has 2 aromatic rings. The number of hydrogen-bond donors (Lipinski definition) is 1. The summed E-state index contributed by atoms with van der Waals surface area (Å²) in [6, 6.07) is 11.8. The summed E-state index contributed by atoms with van der Waals surface area (Å²) in [6.07, 6.45) is 0.671. The van der Waals surface area contributed by atoms with E-state index in [-0.39, 0.29) is 36.7 Å². The molecule has 0 aliphatic carbocycles. The van der Waals surface area contributed by atoms with Gasteiger partial charge in [0.15, 0.2) is 0 Å². The molecule has 6 nitrogen and oxygen atoms in total. The molecule has 27 heavy (non-hydrogen) atoms. The third kappa shape index (κ3) is 3.28. The van der Waals surface area contributed by atoms with Crippen molar-refractivity contribution in [2.24, 2.45) is 0 Å². The molecule has 0 saturated heterocycles. The lowest BCUT2D eigenvalue weighted by molar-refractivity contribution is -0.122. The summed E-state index contributed by atoms with van der Waals surface area (Å²) in [6.45, 7) is 0.543. The van der Waals surface area contributed by atoms with Crippen molar-refractivity contribution in [2.75, 3.05) is 13.2 Å². The van der Waals surface area contributed by atoms with Gasteiger partial charge in [-0.3, -0.25) is 19.3 Å². The number of amides is 3. The molecule has 1 N–H and O–H groups in total. The van der Waals surface area contributed by atoms with Gasteiger partial charge in [-0.2, -0.15) is 0 Å². The Morgan fingerprint density at radius 3 is 2.56 bits per heavy atom. The van der Waals surface area contributed by atoms with Crippen LogP contribution in [0.1, 0.15) is 45.2 Å². The Hall–Kier alpha value is -2.86. The second kappa shape index (κ2) is 7.04. The Kier molecular flexibility index (Phi) is 4.58. The van der Waals surface area contributed by atoms with Crippen LogP contribution >= 0.6 is 11.6 Å². The predicted octanol–water partition coefficient (Wildman–Crippen LogP) is 2.97. The largest absolute Gasteiger partial charge is 0.493 e. The summed E-state index contributed by atoms with van der Waals surface area (Å²) in [4.78, 5) is 38.2. The Morgan fingerprint density at radius 1 is 1.15 bits per heavy atom. The van der Waals surface area contributed by atoms with E-state index in [4.69, 9.17) is 16.3 Å². The van der Waals surface area contributed by atoms with E-state index < -0.39 is 0 Å². The normalized spacial score (nSPS) is 18.0. The molecule has 138 valence electrons. The number of fused-ring (bicyclic) bond motifs is 2. The van der Waals surface area contributed by atoms with E-state index in [9.17, 15) is 14.4 Å². The number of rotatable bonds is 4. The highest BCUT2D eigenvalue weighted by atomic mass is 35.5. The van der Waals surface area contributed by atoms with Crippen molar-refractivity contribution in [3.63, 3.8) is 0 Å². The van der Waals surface area contributed by atoms with Crippen LogP contribution in [-0.2, 0) is 4.79 Å². The third-order valence-corrected chi connectivity index (χ3v) is 5.02. The van der Waals surface area contributed by atoms with Gasteiger partial charge in [-0.05, 0) is 30.3 Å². The Bertz CT molecular complexity index is 908. The van der Waals surface area contributed by atoms with Gasteiger partial charge in [0.25, 0.3) is 11.8 Å². The minimum atomic E-state index is -0.355. The number of hydrogen-bond acceptors (Lipinski definition) is 4. The topological polar surface area (TPSA) is 75.7 Å². The number of nitrogens with one attached hydrogen (secondary N) is 1. The Labute approximate surface area is 161 Å². The van der Waals surface area contributed by atoms with Crippen LogP contribution in [0.3, 0.4) is 0 Å². The average molecular weight is 385 g/mol. The number of carbonyl (C=O) groups excluding carboxylic acids is 3. The van der Waals surface area contributed by atoms with Crippen molar-refractivity contribution in [2.45, 2.75) is 18.9 Å². The minimum absolute atomic E-state index is 0.0404. The van der Waals surface area contributed by atoms with E-state index in [2.05, 4.69) is 5.32 Å². The lowest BCUT2D eigenvalue weighted by atomic mass is 10.0. The maximum Gasteiger partial charge on any atom is 0.261 e. The molecular formula is C20H17ClN2O4. The highest BCUT2D eigenvalue weighted by Crippen LogP contribution is 2.34. The third-order valence-electron chi connectivity index (χ3n) is 4.79. The van der Waals surface area contributed by atoms with Gasteiger partial charge in [0.1, 0.15) is 5.75 Å². The predicted molar refractivity (Wildman–Crippen MR) is 98.9 cm³/mol. The van der Waals surface area contributed by atoms with E-state index in [1.807, 2.05) is 0 Å². The van der Waals surface area contributed by atoms with Crippen molar-refractivity contribution in [1.29, 1.82) is 0 Å². The zero-order valence-electron chi connectivity index (χ0n) is 14.4. The highest BCUT2D eigenvalue weighted by molar-refractivity contribution is 6.30. The summed E-state index contributed by atoms with van der Waals surface area (Å²) in [7, 11) is 0. The minimum Gasteiger partial charge on any atom is -0.493 e. The van der Waals surface area contributed by atoms with E-state index in [1.165, 1.54) is 0 Å². The second-order valence-electron chi connectivity index (χ2n) is 6.50. The molecule has 2 heterocycles. The summed E-state index contributed by atoms with van der Waals surface area (Å²) in [5.41, 5.74) is 1.61.